The molecule has 2 heteroatoms. The normalized spacial score (nSPS) is 49.1. The topological polar surface area (TPSA) is 37.3 Å². The molecule has 23 heavy (non-hydrogen) atoms. The van der Waals surface area contributed by atoms with Crippen molar-refractivity contribution in [2.75, 3.05) is 0 Å². The van der Waals surface area contributed by atoms with Crippen LogP contribution in [0.3, 0.4) is 0 Å². The molecule has 0 aromatic rings. The minimum atomic E-state index is -0.0267. The summed E-state index contributed by atoms with van der Waals surface area (Å²) in [7, 11) is 0. The maximum Gasteiger partial charge on any atom is 0.132 e. The van der Waals surface area contributed by atoms with Gasteiger partial charge in [0.05, 0.1) is 6.10 Å². The van der Waals surface area contributed by atoms with Gasteiger partial charge in [-0.1, -0.05) is 20.8 Å². The Morgan fingerprint density at radius 3 is 2.30 bits per heavy atom. The van der Waals surface area contributed by atoms with Crippen molar-refractivity contribution in [1.82, 2.24) is 0 Å². The first-order valence-corrected chi connectivity index (χ1v) is 10.3. The van der Waals surface area contributed by atoms with Gasteiger partial charge in [-0.15, -0.1) is 0 Å². The van der Waals surface area contributed by atoms with Crippen molar-refractivity contribution in [1.29, 1.82) is 0 Å². The van der Waals surface area contributed by atoms with Gasteiger partial charge >= 0.3 is 0 Å². The van der Waals surface area contributed by atoms with Crippen LogP contribution in [0, 0.1) is 35.0 Å². The standard InChI is InChI=1S/C19H30O2.C2H6/c1-19-11-10-12-2-3-13(20)4-5-14(12)16(19)7-6-15-17(19)8-9-18(15)21;1-2/h12,14-18,21H,2-11H2,1H3;1-2H3. The van der Waals surface area contributed by atoms with Gasteiger partial charge in [-0.05, 0) is 86.4 Å². The maximum atomic E-state index is 11.9. The third kappa shape index (κ3) is 2.90. The predicted octanol–water partition coefficient (Wildman–Crippen LogP) is 4.99. The Balaban J connectivity index is 0.000000753. The van der Waals surface area contributed by atoms with E-state index in [0.29, 0.717) is 17.1 Å². The molecule has 4 saturated carbocycles. The summed E-state index contributed by atoms with van der Waals surface area (Å²) in [5.41, 5.74) is 0.453. The van der Waals surface area contributed by atoms with Crippen LogP contribution in [0.15, 0.2) is 0 Å². The van der Waals surface area contributed by atoms with E-state index in [2.05, 4.69) is 6.92 Å². The average Bonchev–Trinajstić information content (AvgIpc) is 2.84. The lowest BCUT2D eigenvalue weighted by Crippen LogP contribution is -2.50. The number of hydrogen-bond donors (Lipinski definition) is 1. The van der Waals surface area contributed by atoms with Crippen LogP contribution in [0.4, 0.5) is 0 Å². The molecule has 4 aliphatic carbocycles. The van der Waals surface area contributed by atoms with E-state index >= 15 is 0 Å². The van der Waals surface area contributed by atoms with Crippen molar-refractivity contribution in [2.45, 2.75) is 91.1 Å². The first-order chi connectivity index (χ1) is 11.1. The van der Waals surface area contributed by atoms with Crippen LogP contribution in [0.5, 0.6) is 0 Å². The van der Waals surface area contributed by atoms with Crippen LogP contribution in [0.2, 0.25) is 0 Å². The lowest BCUT2D eigenvalue weighted by molar-refractivity contribution is -0.119. The molecule has 0 radical (unpaired) electrons. The van der Waals surface area contributed by atoms with Crippen molar-refractivity contribution in [3.05, 3.63) is 0 Å². The third-order valence-electron chi connectivity index (χ3n) is 8.02. The van der Waals surface area contributed by atoms with Gasteiger partial charge in [-0.2, -0.15) is 0 Å². The molecule has 0 bridgehead atoms. The van der Waals surface area contributed by atoms with E-state index in [1.807, 2.05) is 13.8 Å². The fourth-order valence-electron chi connectivity index (χ4n) is 6.94. The molecule has 0 aliphatic heterocycles. The summed E-state index contributed by atoms with van der Waals surface area (Å²) in [5, 5.41) is 10.3. The van der Waals surface area contributed by atoms with Crippen LogP contribution < -0.4 is 0 Å². The molecule has 7 atom stereocenters. The Kier molecular flexibility index (Phi) is 5.21. The summed E-state index contributed by atoms with van der Waals surface area (Å²) >= 11 is 0. The number of carbonyl (C=O) groups excluding carboxylic acids is 1. The number of aliphatic hydroxyl groups excluding tert-OH is 1. The zero-order valence-corrected chi connectivity index (χ0v) is 15.4. The molecular weight excluding hydrogens is 284 g/mol. The monoisotopic (exact) mass is 320 g/mol. The van der Waals surface area contributed by atoms with Gasteiger partial charge < -0.3 is 5.11 Å². The minimum Gasteiger partial charge on any atom is -0.393 e. The first-order valence-electron chi connectivity index (χ1n) is 10.3. The summed E-state index contributed by atoms with van der Waals surface area (Å²) in [4.78, 5) is 11.9. The highest BCUT2D eigenvalue weighted by Crippen LogP contribution is 2.63. The van der Waals surface area contributed by atoms with Crippen LogP contribution in [0.1, 0.15) is 85.0 Å². The summed E-state index contributed by atoms with van der Waals surface area (Å²) in [6, 6.07) is 0. The molecular formula is C21H36O2. The Bertz CT molecular complexity index is 432. The lowest BCUT2D eigenvalue weighted by atomic mass is 9.48. The summed E-state index contributed by atoms with van der Waals surface area (Å²) < 4.78 is 0. The van der Waals surface area contributed by atoms with Crippen molar-refractivity contribution in [3.8, 4) is 0 Å². The van der Waals surface area contributed by atoms with E-state index < -0.39 is 0 Å². The van der Waals surface area contributed by atoms with E-state index in [1.165, 1.54) is 32.1 Å². The molecule has 7 unspecified atom stereocenters. The van der Waals surface area contributed by atoms with Gasteiger partial charge in [-0.25, -0.2) is 0 Å². The number of Topliss-reactive ketones (excluding diaryl/α,β-unsaturated/α-hetero) is 1. The van der Waals surface area contributed by atoms with Crippen molar-refractivity contribution < 1.29 is 9.90 Å². The highest BCUT2D eigenvalue weighted by atomic mass is 16.3. The lowest BCUT2D eigenvalue weighted by Gasteiger charge is -2.57. The predicted molar refractivity (Wildman–Crippen MR) is 94.1 cm³/mol. The van der Waals surface area contributed by atoms with Gasteiger partial charge in [0.25, 0.3) is 0 Å². The van der Waals surface area contributed by atoms with Gasteiger partial charge in [0.2, 0.25) is 0 Å². The molecule has 0 spiro atoms. The van der Waals surface area contributed by atoms with Gasteiger partial charge in [0.1, 0.15) is 5.78 Å². The molecule has 132 valence electrons. The highest BCUT2D eigenvalue weighted by molar-refractivity contribution is 5.78. The fourth-order valence-corrected chi connectivity index (χ4v) is 6.94. The zero-order valence-electron chi connectivity index (χ0n) is 15.4. The highest BCUT2D eigenvalue weighted by Gasteiger charge is 2.56. The second-order valence-corrected chi connectivity index (χ2v) is 8.68. The van der Waals surface area contributed by atoms with Crippen LogP contribution in [0.25, 0.3) is 0 Å². The van der Waals surface area contributed by atoms with Crippen LogP contribution >= 0.6 is 0 Å². The van der Waals surface area contributed by atoms with E-state index in [4.69, 9.17) is 0 Å². The molecule has 0 heterocycles. The molecule has 0 saturated heterocycles. The maximum absolute atomic E-state index is 11.9. The number of ketones is 1. The second-order valence-electron chi connectivity index (χ2n) is 8.68. The average molecular weight is 321 g/mol. The van der Waals surface area contributed by atoms with E-state index in [1.54, 1.807) is 0 Å². The molecule has 4 rings (SSSR count). The molecule has 0 aromatic heterocycles. The summed E-state index contributed by atoms with van der Waals surface area (Å²) in [6.07, 6.45) is 11.5. The molecule has 0 aromatic carbocycles. The molecule has 0 amide bonds. The quantitative estimate of drug-likeness (QED) is 0.683. The zero-order chi connectivity index (χ0) is 16.6. The number of fused-ring (bicyclic) bond motifs is 5. The molecule has 4 fully saturated rings. The fraction of sp³-hybridized carbons (Fsp3) is 0.952. The minimum absolute atomic E-state index is 0.0267. The second kappa shape index (κ2) is 6.86. The Labute approximate surface area is 142 Å². The smallest absolute Gasteiger partial charge is 0.132 e. The van der Waals surface area contributed by atoms with Crippen LogP contribution in [-0.2, 0) is 4.79 Å². The number of hydrogen-bond acceptors (Lipinski definition) is 2. The molecule has 1 N–H and O–H groups in total. The van der Waals surface area contributed by atoms with E-state index in [-0.39, 0.29) is 6.10 Å². The summed E-state index contributed by atoms with van der Waals surface area (Å²) in [5.74, 6) is 4.29. The van der Waals surface area contributed by atoms with Gasteiger partial charge in [0.15, 0.2) is 0 Å². The van der Waals surface area contributed by atoms with Crippen molar-refractivity contribution in [3.63, 3.8) is 0 Å². The number of carbonyl (C=O) groups is 1. The van der Waals surface area contributed by atoms with Gasteiger partial charge in [0, 0.05) is 12.8 Å². The number of rotatable bonds is 0. The van der Waals surface area contributed by atoms with E-state index in [9.17, 15) is 9.90 Å². The van der Waals surface area contributed by atoms with Gasteiger partial charge in [-0.3, -0.25) is 4.79 Å². The number of aliphatic hydroxyl groups is 1. The Hall–Kier alpha value is -0.370. The third-order valence-corrected chi connectivity index (χ3v) is 8.02. The largest absolute Gasteiger partial charge is 0.393 e. The first kappa shape index (κ1) is 17.5. The van der Waals surface area contributed by atoms with Crippen LogP contribution in [-0.4, -0.2) is 17.0 Å². The summed E-state index contributed by atoms with van der Waals surface area (Å²) in [6.45, 7) is 6.54. The Morgan fingerprint density at radius 2 is 1.52 bits per heavy atom. The van der Waals surface area contributed by atoms with E-state index in [0.717, 1.165) is 55.8 Å². The van der Waals surface area contributed by atoms with Crippen molar-refractivity contribution in [2.24, 2.45) is 35.0 Å². The van der Waals surface area contributed by atoms with Crippen molar-refractivity contribution >= 4 is 5.78 Å². The SMILES string of the molecule is CC.CC12CCC3CCC(=O)CCC3C1CCC1C(O)CCC12. The molecule has 4 aliphatic rings. The molecule has 2 nitrogen and oxygen atoms in total. The Morgan fingerprint density at radius 1 is 0.870 bits per heavy atom.